The number of hydrogen-bond acceptors (Lipinski definition) is 4. The monoisotopic (exact) mass is 363 g/mol. The van der Waals surface area contributed by atoms with Gasteiger partial charge in [0.1, 0.15) is 5.76 Å². The normalized spacial score (nSPS) is 11.4. The van der Waals surface area contributed by atoms with E-state index < -0.39 is 0 Å². The van der Waals surface area contributed by atoms with Crippen LogP contribution in [0, 0.1) is 0 Å². The molecule has 0 saturated heterocycles. The van der Waals surface area contributed by atoms with E-state index in [0.717, 1.165) is 16.3 Å². The number of rotatable bonds is 7. The van der Waals surface area contributed by atoms with E-state index in [-0.39, 0.29) is 24.7 Å². The number of hydrazone groups is 1. The van der Waals surface area contributed by atoms with E-state index in [1.807, 2.05) is 42.5 Å². The molecule has 0 aliphatic carbocycles. The Hall–Kier alpha value is -3.41. The van der Waals surface area contributed by atoms with Crippen LogP contribution in [0.2, 0.25) is 0 Å². The number of amides is 2. The molecule has 138 valence electrons. The third-order valence-corrected chi connectivity index (χ3v) is 4.06. The first-order valence-electron chi connectivity index (χ1n) is 8.69. The maximum absolute atomic E-state index is 12.2. The highest BCUT2D eigenvalue weighted by atomic mass is 16.3. The van der Waals surface area contributed by atoms with E-state index in [4.69, 9.17) is 4.42 Å². The molecule has 3 aromatic rings. The molecule has 0 unspecified atom stereocenters. The smallest absolute Gasteiger partial charge is 0.244 e. The van der Waals surface area contributed by atoms with Gasteiger partial charge < -0.3 is 9.73 Å². The molecule has 0 atom stereocenters. The van der Waals surface area contributed by atoms with Gasteiger partial charge in [-0.1, -0.05) is 42.5 Å². The van der Waals surface area contributed by atoms with Crippen molar-refractivity contribution in [2.24, 2.45) is 5.10 Å². The molecule has 2 aromatic carbocycles. The summed E-state index contributed by atoms with van der Waals surface area (Å²) >= 11 is 0. The highest BCUT2D eigenvalue weighted by Gasteiger charge is 2.08. The third-order valence-electron chi connectivity index (χ3n) is 4.06. The zero-order chi connectivity index (χ0) is 19.1. The zero-order valence-electron chi connectivity index (χ0n) is 15.1. The molecular weight excluding hydrogens is 342 g/mol. The van der Waals surface area contributed by atoms with Gasteiger partial charge in [0.25, 0.3) is 0 Å². The second-order valence-electron chi connectivity index (χ2n) is 6.23. The molecule has 0 radical (unpaired) electrons. The van der Waals surface area contributed by atoms with Gasteiger partial charge in [-0.25, -0.2) is 5.43 Å². The number of nitrogens with zero attached hydrogens (tertiary/aromatic N) is 1. The van der Waals surface area contributed by atoms with Crippen LogP contribution in [0.5, 0.6) is 0 Å². The maximum atomic E-state index is 12.2. The van der Waals surface area contributed by atoms with Crippen molar-refractivity contribution in [3.63, 3.8) is 0 Å². The third kappa shape index (κ3) is 5.28. The molecule has 2 amide bonds. The SMILES string of the molecule is C/C(CC(=O)NCc1ccco1)=N/NC(=O)Cc1cccc2ccccc12. The van der Waals surface area contributed by atoms with Gasteiger partial charge in [-0.15, -0.1) is 0 Å². The van der Waals surface area contributed by atoms with Crippen LogP contribution in [-0.2, 0) is 22.6 Å². The lowest BCUT2D eigenvalue weighted by atomic mass is 10.0. The van der Waals surface area contributed by atoms with E-state index in [2.05, 4.69) is 15.8 Å². The Balaban J connectivity index is 1.50. The molecule has 0 spiro atoms. The molecule has 0 bridgehead atoms. The summed E-state index contributed by atoms with van der Waals surface area (Å²) in [4.78, 5) is 24.1. The lowest BCUT2D eigenvalue weighted by molar-refractivity contribution is -0.121. The topological polar surface area (TPSA) is 83.7 Å². The van der Waals surface area contributed by atoms with Gasteiger partial charge >= 0.3 is 0 Å². The van der Waals surface area contributed by atoms with E-state index in [9.17, 15) is 9.59 Å². The van der Waals surface area contributed by atoms with Crippen LogP contribution in [0.1, 0.15) is 24.7 Å². The standard InChI is InChI=1S/C21H21N3O3/c1-15(12-20(25)22-14-18-9-5-11-27-18)23-24-21(26)13-17-8-4-7-16-6-2-3-10-19(16)17/h2-11H,12-14H2,1H3,(H,22,25)(H,24,26)/b23-15-. The Bertz CT molecular complexity index is 956. The molecule has 0 fully saturated rings. The van der Waals surface area contributed by atoms with Gasteiger partial charge in [0.2, 0.25) is 11.8 Å². The van der Waals surface area contributed by atoms with Crippen molar-refractivity contribution in [1.82, 2.24) is 10.7 Å². The number of carbonyl (C=O) groups excluding carboxylic acids is 2. The Morgan fingerprint density at radius 3 is 2.63 bits per heavy atom. The first kappa shape index (κ1) is 18.4. The van der Waals surface area contributed by atoms with Crippen LogP contribution in [0.3, 0.4) is 0 Å². The Morgan fingerprint density at radius 2 is 1.81 bits per heavy atom. The molecule has 0 aliphatic rings. The van der Waals surface area contributed by atoms with Crippen molar-refractivity contribution in [3.8, 4) is 0 Å². The number of nitrogens with one attached hydrogen (secondary N) is 2. The summed E-state index contributed by atoms with van der Waals surface area (Å²) in [7, 11) is 0. The molecule has 1 heterocycles. The van der Waals surface area contributed by atoms with Crippen LogP contribution in [0.25, 0.3) is 10.8 Å². The molecule has 0 saturated carbocycles. The van der Waals surface area contributed by atoms with Crippen LogP contribution >= 0.6 is 0 Å². The maximum Gasteiger partial charge on any atom is 0.244 e. The molecule has 1 aromatic heterocycles. The van der Waals surface area contributed by atoms with Gasteiger partial charge in [-0.3, -0.25) is 9.59 Å². The van der Waals surface area contributed by atoms with Crippen LogP contribution < -0.4 is 10.7 Å². The predicted octanol–water partition coefficient (Wildman–Crippen LogP) is 3.17. The quantitative estimate of drug-likeness (QED) is 0.499. The summed E-state index contributed by atoms with van der Waals surface area (Å²) in [5, 5.41) is 8.90. The Morgan fingerprint density at radius 1 is 1.00 bits per heavy atom. The van der Waals surface area contributed by atoms with E-state index in [1.54, 1.807) is 25.3 Å². The van der Waals surface area contributed by atoms with E-state index in [1.165, 1.54) is 0 Å². The van der Waals surface area contributed by atoms with Crippen molar-refractivity contribution < 1.29 is 14.0 Å². The fourth-order valence-corrected chi connectivity index (χ4v) is 2.75. The molecule has 6 heteroatoms. The zero-order valence-corrected chi connectivity index (χ0v) is 15.1. The predicted molar refractivity (Wildman–Crippen MR) is 104 cm³/mol. The summed E-state index contributed by atoms with van der Waals surface area (Å²) in [6.45, 7) is 2.03. The van der Waals surface area contributed by atoms with Crippen molar-refractivity contribution >= 4 is 28.3 Å². The summed E-state index contributed by atoms with van der Waals surface area (Å²) in [6, 6.07) is 17.4. The molecular formula is C21H21N3O3. The van der Waals surface area contributed by atoms with Crippen molar-refractivity contribution in [1.29, 1.82) is 0 Å². The average Bonchev–Trinajstić information content (AvgIpc) is 3.19. The second kappa shape index (κ2) is 8.80. The minimum atomic E-state index is -0.221. The largest absolute Gasteiger partial charge is 0.467 e. The van der Waals surface area contributed by atoms with Crippen molar-refractivity contribution in [2.45, 2.75) is 26.3 Å². The molecule has 27 heavy (non-hydrogen) atoms. The Labute approximate surface area is 157 Å². The second-order valence-corrected chi connectivity index (χ2v) is 6.23. The number of carbonyl (C=O) groups is 2. The fourth-order valence-electron chi connectivity index (χ4n) is 2.75. The fraction of sp³-hybridized carbons (Fsp3) is 0.190. The van der Waals surface area contributed by atoms with Gasteiger partial charge in [0.15, 0.2) is 0 Å². The number of benzene rings is 2. The van der Waals surface area contributed by atoms with Gasteiger partial charge in [-0.05, 0) is 35.4 Å². The molecule has 6 nitrogen and oxygen atoms in total. The van der Waals surface area contributed by atoms with Gasteiger partial charge in [0.05, 0.1) is 25.6 Å². The van der Waals surface area contributed by atoms with Crippen LogP contribution in [0.4, 0.5) is 0 Å². The highest BCUT2D eigenvalue weighted by molar-refractivity contribution is 6.00. The lowest BCUT2D eigenvalue weighted by Gasteiger charge is -2.06. The summed E-state index contributed by atoms with van der Waals surface area (Å²) in [5.41, 5.74) is 3.99. The minimum Gasteiger partial charge on any atom is -0.467 e. The van der Waals surface area contributed by atoms with Gasteiger partial charge in [0, 0.05) is 5.71 Å². The molecule has 3 rings (SSSR count). The number of hydrogen-bond donors (Lipinski definition) is 2. The average molecular weight is 363 g/mol. The van der Waals surface area contributed by atoms with E-state index >= 15 is 0 Å². The van der Waals surface area contributed by atoms with Crippen LogP contribution in [0.15, 0.2) is 70.4 Å². The van der Waals surface area contributed by atoms with Gasteiger partial charge in [-0.2, -0.15) is 5.10 Å². The first-order valence-corrected chi connectivity index (χ1v) is 8.69. The minimum absolute atomic E-state index is 0.106. The molecule has 2 N–H and O–H groups in total. The first-order chi connectivity index (χ1) is 13.1. The Kier molecular flexibility index (Phi) is 5.99. The van der Waals surface area contributed by atoms with Crippen LogP contribution in [-0.4, -0.2) is 17.5 Å². The highest BCUT2D eigenvalue weighted by Crippen LogP contribution is 2.18. The van der Waals surface area contributed by atoms with E-state index in [0.29, 0.717) is 18.0 Å². The summed E-state index contributed by atoms with van der Waals surface area (Å²) in [5.74, 6) is 0.277. The number of furan rings is 1. The van der Waals surface area contributed by atoms with Crippen molar-refractivity contribution in [3.05, 3.63) is 72.2 Å². The summed E-state index contributed by atoms with van der Waals surface area (Å²) in [6.07, 6.45) is 1.89. The van der Waals surface area contributed by atoms with Crippen molar-refractivity contribution in [2.75, 3.05) is 0 Å². The summed E-state index contributed by atoms with van der Waals surface area (Å²) < 4.78 is 5.15. The molecule has 0 aliphatic heterocycles. The lowest BCUT2D eigenvalue weighted by Crippen LogP contribution is -2.26. The number of fused-ring (bicyclic) bond motifs is 1.